The smallest absolute Gasteiger partial charge is 0.325 e. The van der Waals surface area contributed by atoms with Crippen molar-refractivity contribution >= 4 is 28.6 Å². The summed E-state index contributed by atoms with van der Waals surface area (Å²) < 4.78 is 5.81. The predicted octanol–water partition coefficient (Wildman–Crippen LogP) is 5.90. The first-order chi connectivity index (χ1) is 21.9. The third-order valence-corrected chi connectivity index (χ3v) is 9.13. The summed E-state index contributed by atoms with van der Waals surface area (Å²) in [6, 6.07) is 39.9. The van der Waals surface area contributed by atoms with E-state index in [4.69, 9.17) is 4.74 Å². The molecule has 0 spiro atoms. The molecular formula is C38H32N2O5. The van der Waals surface area contributed by atoms with E-state index in [0.717, 1.165) is 33.0 Å². The molecule has 2 N–H and O–H groups in total. The van der Waals surface area contributed by atoms with Crippen LogP contribution in [0.1, 0.15) is 17.2 Å². The van der Waals surface area contributed by atoms with Crippen LogP contribution in [-0.2, 0) is 20.8 Å². The Morgan fingerprint density at radius 2 is 1.40 bits per heavy atom. The molecule has 7 rings (SSSR count). The fourth-order valence-corrected chi connectivity index (χ4v) is 6.96. The number of aliphatic carboxylic acids is 1. The number of hydrogen-bond donors (Lipinski definition) is 2. The topological polar surface area (TPSA) is 95.9 Å². The first-order valence-electron chi connectivity index (χ1n) is 15.1. The van der Waals surface area contributed by atoms with Crippen LogP contribution in [0.25, 0.3) is 21.9 Å². The molecule has 2 aliphatic heterocycles. The Balaban J connectivity index is 1.25. The number of carboxylic acid groups (broad SMARTS) is 1. The van der Waals surface area contributed by atoms with Crippen molar-refractivity contribution in [3.05, 3.63) is 139 Å². The number of para-hydroxylation sites is 1. The summed E-state index contributed by atoms with van der Waals surface area (Å²) in [4.78, 5) is 42.7. The molecule has 2 fully saturated rings. The van der Waals surface area contributed by atoms with E-state index in [-0.39, 0.29) is 25.5 Å². The van der Waals surface area contributed by atoms with E-state index in [2.05, 4.69) is 5.32 Å². The summed E-state index contributed by atoms with van der Waals surface area (Å²) in [5, 5.41) is 16.2. The molecular weight excluding hydrogens is 564 g/mol. The Morgan fingerprint density at radius 1 is 0.756 bits per heavy atom. The maximum absolute atomic E-state index is 14.1. The summed E-state index contributed by atoms with van der Waals surface area (Å²) >= 11 is 0. The van der Waals surface area contributed by atoms with Crippen LogP contribution >= 0.6 is 0 Å². The van der Waals surface area contributed by atoms with Crippen molar-refractivity contribution in [3.63, 3.8) is 0 Å². The normalized spacial score (nSPS) is 22.5. The van der Waals surface area contributed by atoms with Gasteiger partial charge in [-0.15, -0.1) is 0 Å². The molecule has 0 bridgehead atoms. The molecule has 2 saturated heterocycles. The minimum absolute atomic E-state index is 0.0326. The van der Waals surface area contributed by atoms with Gasteiger partial charge in [-0.2, -0.15) is 0 Å². The minimum Gasteiger partial charge on any atom is -0.492 e. The molecule has 0 radical (unpaired) electrons. The second kappa shape index (κ2) is 11.7. The lowest BCUT2D eigenvalue weighted by Gasteiger charge is -2.31. The van der Waals surface area contributed by atoms with Crippen LogP contribution in [0.5, 0.6) is 5.75 Å². The Hall–Kier alpha value is -5.27. The molecule has 7 nitrogen and oxygen atoms in total. The van der Waals surface area contributed by atoms with Gasteiger partial charge in [-0.25, -0.2) is 0 Å². The van der Waals surface area contributed by atoms with Crippen LogP contribution in [0.2, 0.25) is 0 Å². The molecule has 4 unspecified atom stereocenters. The number of rotatable bonds is 9. The Morgan fingerprint density at radius 3 is 2.11 bits per heavy atom. The molecule has 0 aliphatic carbocycles. The standard InChI is InChI=1S/C38H32N2O5/c41-35-32-33(36(42)40(35)21-22-45-31-13-5-2-6-14-31)38(37(43)44,24-25-15-16-27-11-7-8-12-30(27)23-25)39-34(32)29-19-17-28(18-20-29)26-9-3-1-4-10-26/h1-20,23,32-34,39H,21-22,24H2,(H,43,44). The number of hydrogen-bond acceptors (Lipinski definition) is 5. The fraction of sp³-hybridized carbons (Fsp3) is 0.184. The molecule has 2 amide bonds. The van der Waals surface area contributed by atoms with Crippen LogP contribution in [0, 0.1) is 11.8 Å². The number of benzene rings is 5. The van der Waals surface area contributed by atoms with Crippen LogP contribution in [0.15, 0.2) is 127 Å². The van der Waals surface area contributed by atoms with Gasteiger partial charge in [0, 0.05) is 12.5 Å². The van der Waals surface area contributed by atoms with Gasteiger partial charge in [0.15, 0.2) is 0 Å². The van der Waals surface area contributed by atoms with Gasteiger partial charge in [-0.3, -0.25) is 24.6 Å². The quantitative estimate of drug-likeness (QED) is 0.206. The van der Waals surface area contributed by atoms with Crippen molar-refractivity contribution in [2.75, 3.05) is 13.2 Å². The maximum Gasteiger partial charge on any atom is 0.325 e. The number of imide groups is 1. The van der Waals surface area contributed by atoms with Crippen molar-refractivity contribution in [1.82, 2.24) is 10.2 Å². The summed E-state index contributed by atoms with van der Waals surface area (Å²) in [7, 11) is 0. The number of carbonyl (C=O) groups is 3. The second-order valence-corrected chi connectivity index (χ2v) is 11.7. The van der Waals surface area contributed by atoms with Gasteiger partial charge in [0.05, 0.1) is 18.4 Å². The van der Waals surface area contributed by atoms with Crippen LogP contribution in [-0.4, -0.2) is 46.5 Å². The number of carbonyl (C=O) groups excluding carboxylic acids is 2. The van der Waals surface area contributed by atoms with Crippen molar-refractivity contribution in [3.8, 4) is 16.9 Å². The molecule has 5 aromatic rings. The average Bonchev–Trinajstić information content (AvgIpc) is 3.55. The van der Waals surface area contributed by atoms with Crippen molar-refractivity contribution < 1.29 is 24.2 Å². The summed E-state index contributed by atoms with van der Waals surface area (Å²) in [6.45, 7) is 0.139. The number of amides is 2. The van der Waals surface area contributed by atoms with Gasteiger partial charge in [0.25, 0.3) is 0 Å². The van der Waals surface area contributed by atoms with E-state index < -0.39 is 35.3 Å². The summed E-state index contributed by atoms with van der Waals surface area (Å²) in [5.41, 5.74) is 1.89. The first kappa shape index (κ1) is 28.5. The fourth-order valence-electron chi connectivity index (χ4n) is 6.96. The van der Waals surface area contributed by atoms with E-state index in [0.29, 0.717) is 5.75 Å². The Bertz CT molecular complexity index is 1880. The van der Waals surface area contributed by atoms with E-state index in [1.165, 1.54) is 4.90 Å². The highest BCUT2D eigenvalue weighted by Crippen LogP contribution is 2.50. The van der Waals surface area contributed by atoms with E-state index in [1.807, 2.05) is 115 Å². The molecule has 2 heterocycles. The lowest BCUT2D eigenvalue weighted by atomic mass is 9.76. The highest BCUT2D eigenvalue weighted by atomic mass is 16.5. The second-order valence-electron chi connectivity index (χ2n) is 11.7. The Labute approximate surface area is 261 Å². The van der Waals surface area contributed by atoms with Crippen molar-refractivity contribution in [2.24, 2.45) is 11.8 Å². The maximum atomic E-state index is 14.1. The SMILES string of the molecule is O=C1C2C(c3ccc(-c4ccccc4)cc3)NC(Cc3ccc4ccccc4c3)(C(=O)O)C2C(=O)N1CCOc1ccccc1. The zero-order valence-corrected chi connectivity index (χ0v) is 24.5. The lowest BCUT2D eigenvalue weighted by molar-refractivity contribution is -0.151. The molecule has 2 aliphatic rings. The molecule has 5 aromatic carbocycles. The van der Waals surface area contributed by atoms with Gasteiger partial charge in [0.1, 0.15) is 17.9 Å². The Kier molecular flexibility index (Phi) is 7.39. The van der Waals surface area contributed by atoms with Gasteiger partial charge in [-0.1, -0.05) is 115 Å². The van der Waals surface area contributed by atoms with Crippen LogP contribution in [0.4, 0.5) is 0 Å². The third-order valence-electron chi connectivity index (χ3n) is 9.13. The number of carboxylic acids is 1. The lowest BCUT2D eigenvalue weighted by Crippen LogP contribution is -2.57. The van der Waals surface area contributed by atoms with E-state index in [1.54, 1.807) is 12.1 Å². The highest BCUT2D eigenvalue weighted by Gasteiger charge is 2.68. The van der Waals surface area contributed by atoms with Crippen molar-refractivity contribution in [1.29, 1.82) is 0 Å². The number of likely N-dealkylation sites (tertiary alicyclic amines) is 1. The average molecular weight is 597 g/mol. The monoisotopic (exact) mass is 596 g/mol. The predicted molar refractivity (Wildman–Crippen MR) is 171 cm³/mol. The minimum atomic E-state index is -1.70. The van der Waals surface area contributed by atoms with Gasteiger partial charge < -0.3 is 9.84 Å². The van der Waals surface area contributed by atoms with Crippen LogP contribution < -0.4 is 10.1 Å². The zero-order chi connectivity index (χ0) is 31.0. The molecule has 7 heteroatoms. The molecule has 0 aromatic heterocycles. The number of fused-ring (bicyclic) bond motifs is 2. The third kappa shape index (κ3) is 5.15. The molecule has 45 heavy (non-hydrogen) atoms. The highest BCUT2D eigenvalue weighted by molar-refractivity contribution is 6.09. The molecule has 224 valence electrons. The number of nitrogens with one attached hydrogen (secondary N) is 1. The van der Waals surface area contributed by atoms with Crippen molar-refractivity contribution in [2.45, 2.75) is 18.0 Å². The zero-order valence-electron chi connectivity index (χ0n) is 24.5. The number of nitrogens with zero attached hydrogens (tertiary/aromatic N) is 1. The largest absolute Gasteiger partial charge is 0.492 e. The summed E-state index contributed by atoms with van der Waals surface area (Å²) in [6.07, 6.45) is 0.0420. The van der Waals surface area contributed by atoms with Crippen LogP contribution in [0.3, 0.4) is 0 Å². The number of ether oxygens (including phenoxy) is 1. The molecule has 0 saturated carbocycles. The summed E-state index contributed by atoms with van der Waals surface area (Å²) in [5.74, 6) is -3.37. The molecule has 4 atom stereocenters. The van der Waals surface area contributed by atoms with E-state index in [9.17, 15) is 19.5 Å². The van der Waals surface area contributed by atoms with Gasteiger partial charge in [0.2, 0.25) is 11.8 Å². The van der Waals surface area contributed by atoms with Gasteiger partial charge in [-0.05, 0) is 45.2 Å². The van der Waals surface area contributed by atoms with Gasteiger partial charge >= 0.3 is 5.97 Å². The van der Waals surface area contributed by atoms with E-state index >= 15 is 0 Å². The first-order valence-corrected chi connectivity index (χ1v) is 15.1.